The van der Waals surface area contributed by atoms with Crippen LogP contribution in [0.1, 0.15) is 90.0 Å². The largest absolute Gasteiger partial charge is 0.510 e. The van der Waals surface area contributed by atoms with Gasteiger partial charge in [0.1, 0.15) is 50.2 Å². The Balaban J connectivity index is 1.28. The molecule has 538 valence electrons. The van der Waals surface area contributed by atoms with Crippen molar-refractivity contribution in [1.29, 1.82) is 0 Å². The molecule has 6 aromatic heterocycles. The summed E-state index contributed by atoms with van der Waals surface area (Å²) in [6.07, 6.45) is -4.85. The number of ether oxygens (including phenoxy) is 12. The summed E-state index contributed by atoms with van der Waals surface area (Å²) in [6.45, 7) is 16.6. The van der Waals surface area contributed by atoms with Crippen LogP contribution in [-0.2, 0) is 108 Å². The first-order valence-electron chi connectivity index (χ1n) is 29.7. The Bertz CT molecular complexity index is 3690. The molecule has 0 saturated heterocycles. The summed E-state index contributed by atoms with van der Waals surface area (Å²) in [5.41, 5.74) is 1.21. The standard InChI is InChI=1S/C53H80N15O26P3/c1-32(2)90-49(69)68(48-42-46(57-19-59-48)66(22-62-42)15-38(12)84-30-96(76,77)87-26-80-51(71)92-34(5)6)24-67(47-41-45(56-18-58-47)65(21-61-41)14-37(11)83-29-95(74,75)86-25-79-50(70)91-33(3)4)23-63-43-40-44(55-17-54-43)64(20-60-40)16-39(13)85-31-97(78,88-27-81-52(72)93-35(7)8)89-28-82-53(73)94-36(9)10/h17-22,32-39H,14-16,23-31H2,1-13H3,(H,74,75)(H,76,77)(H,54,55,63)/t37-,38-,39-/m1/s1. The van der Waals surface area contributed by atoms with E-state index < -0.39 is 155 Å². The summed E-state index contributed by atoms with van der Waals surface area (Å²) in [5.74, 6) is 0.218. The molecule has 0 fully saturated rings. The Morgan fingerprint density at radius 1 is 0.454 bits per heavy atom. The maximum absolute atomic E-state index is 14.6. The van der Waals surface area contributed by atoms with Crippen molar-refractivity contribution in [2.75, 3.05) is 74.7 Å². The molecule has 3 N–H and O–H groups in total. The molecule has 41 nitrogen and oxygen atoms in total. The van der Waals surface area contributed by atoms with Crippen LogP contribution >= 0.6 is 22.8 Å². The first-order valence-corrected chi connectivity index (χ1v) is 35.0. The average molecular weight is 1440 g/mol. The minimum absolute atomic E-state index is 0.00224. The number of nitrogens with zero attached hydrogens (tertiary/aromatic N) is 14. The summed E-state index contributed by atoms with van der Waals surface area (Å²) in [7, 11) is -13.2. The first kappa shape index (κ1) is 77.9. The number of hydrogen-bond acceptors (Lipinski definition) is 35. The molecule has 0 saturated carbocycles. The molecule has 0 aromatic carbocycles. The first-order chi connectivity index (χ1) is 45.8. The van der Waals surface area contributed by atoms with Crippen LogP contribution < -0.4 is 15.1 Å². The Labute approximate surface area is 554 Å². The minimum Gasteiger partial charge on any atom is -0.446 e. The van der Waals surface area contributed by atoms with Crippen molar-refractivity contribution in [1.82, 2.24) is 58.6 Å². The van der Waals surface area contributed by atoms with Crippen LogP contribution in [0.4, 0.5) is 41.4 Å². The van der Waals surface area contributed by atoms with Crippen LogP contribution in [0.3, 0.4) is 0 Å². The highest BCUT2D eigenvalue weighted by Crippen LogP contribution is 2.49. The molecule has 44 heteroatoms. The third kappa shape index (κ3) is 25.4. The van der Waals surface area contributed by atoms with Gasteiger partial charge in [0.2, 0.25) is 27.2 Å². The smallest absolute Gasteiger partial charge is 0.446 e. The van der Waals surface area contributed by atoms with E-state index in [1.54, 1.807) is 109 Å². The number of hydrogen-bond donors (Lipinski definition) is 3. The Morgan fingerprint density at radius 2 is 0.804 bits per heavy atom. The van der Waals surface area contributed by atoms with E-state index in [2.05, 4.69) is 50.2 Å². The molecule has 2 unspecified atom stereocenters. The molecule has 6 heterocycles. The molecule has 0 aliphatic carbocycles. The molecule has 6 rings (SSSR count). The number of carbonyl (C=O) groups is 5. The van der Waals surface area contributed by atoms with E-state index in [4.69, 9.17) is 74.9 Å². The molecule has 5 atom stereocenters. The summed E-state index contributed by atoms with van der Waals surface area (Å²) >= 11 is 0. The number of amides is 1. The zero-order chi connectivity index (χ0) is 71.2. The minimum atomic E-state index is -4.46. The van der Waals surface area contributed by atoms with E-state index in [0.717, 1.165) is 4.90 Å². The highest BCUT2D eigenvalue weighted by Gasteiger charge is 2.33. The van der Waals surface area contributed by atoms with Crippen molar-refractivity contribution >= 4 is 104 Å². The van der Waals surface area contributed by atoms with Gasteiger partial charge in [0.25, 0.3) is 0 Å². The Morgan fingerprint density at radius 3 is 1.22 bits per heavy atom. The quantitative estimate of drug-likeness (QED) is 0.0143. The number of fused-ring (bicyclic) bond motifs is 3. The molecular weight excluding hydrogens is 1360 g/mol. The third-order valence-corrected chi connectivity index (χ3v) is 15.4. The fraction of sp³-hybridized carbons (Fsp3) is 0.623. The highest BCUT2D eigenvalue weighted by molar-refractivity contribution is 7.53. The van der Waals surface area contributed by atoms with Crippen LogP contribution in [-0.4, -0.2) is 207 Å². The summed E-state index contributed by atoms with van der Waals surface area (Å²) in [6, 6.07) is 0. The van der Waals surface area contributed by atoms with E-state index in [-0.39, 0.29) is 77.2 Å². The molecule has 6 aromatic rings. The van der Waals surface area contributed by atoms with Crippen molar-refractivity contribution in [2.45, 2.75) is 158 Å². The zero-order valence-corrected chi connectivity index (χ0v) is 58.0. The second-order valence-corrected chi connectivity index (χ2v) is 27.7. The Hall–Kier alpha value is -8.07. The topological polar surface area (TPSA) is 474 Å². The summed E-state index contributed by atoms with van der Waals surface area (Å²) in [4.78, 5) is 126. The van der Waals surface area contributed by atoms with Crippen LogP contribution in [0, 0.1) is 0 Å². The second-order valence-electron chi connectivity index (χ2n) is 22.1. The van der Waals surface area contributed by atoms with Gasteiger partial charge in [0, 0.05) is 0 Å². The lowest BCUT2D eigenvalue weighted by atomic mass is 10.3. The number of imidazole rings is 3. The summed E-state index contributed by atoms with van der Waals surface area (Å²) in [5, 5.41) is 3.26. The van der Waals surface area contributed by atoms with Crippen LogP contribution in [0.5, 0.6) is 0 Å². The predicted octanol–water partition coefficient (Wildman–Crippen LogP) is 7.79. The molecule has 97 heavy (non-hydrogen) atoms. The normalized spacial score (nSPS) is 14.1. The lowest BCUT2D eigenvalue weighted by Crippen LogP contribution is -2.45. The van der Waals surface area contributed by atoms with E-state index in [1.165, 1.54) is 38.0 Å². The predicted molar refractivity (Wildman–Crippen MR) is 334 cm³/mol. The number of nitrogens with one attached hydrogen (secondary N) is 1. The van der Waals surface area contributed by atoms with Gasteiger partial charge in [-0.05, 0) is 90.0 Å². The fourth-order valence-electron chi connectivity index (χ4n) is 7.95. The molecule has 1 amide bonds. The van der Waals surface area contributed by atoms with E-state index in [1.807, 2.05) is 0 Å². The molecule has 0 aliphatic heterocycles. The number of aromatic nitrogens is 12. The van der Waals surface area contributed by atoms with E-state index in [0.29, 0.717) is 0 Å². The van der Waals surface area contributed by atoms with Crippen molar-refractivity contribution < 1.29 is 122 Å². The summed E-state index contributed by atoms with van der Waals surface area (Å²) < 4.78 is 126. The third-order valence-electron chi connectivity index (χ3n) is 12.0. The zero-order valence-electron chi connectivity index (χ0n) is 55.4. The maximum Gasteiger partial charge on any atom is 0.510 e. The lowest BCUT2D eigenvalue weighted by Gasteiger charge is -2.31. The highest BCUT2D eigenvalue weighted by atomic mass is 31.2. The Kier molecular flexibility index (Phi) is 29.3. The molecule has 0 aliphatic rings. The van der Waals surface area contributed by atoms with Gasteiger partial charge in [-0.3, -0.25) is 31.8 Å². The van der Waals surface area contributed by atoms with Crippen molar-refractivity contribution in [3.8, 4) is 0 Å². The number of anilines is 3. The second kappa shape index (κ2) is 36.5. The fourth-order valence-corrected chi connectivity index (χ4v) is 10.5. The van der Waals surface area contributed by atoms with Crippen LogP contribution in [0.15, 0.2) is 38.0 Å². The van der Waals surface area contributed by atoms with Gasteiger partial charge >= 0.3 is 53.5 Å². The molecular formula is C53H80N15O26P3. The number of rotatable bonds is 39. The van der Waals surface area contributed by atoms with Crippen molar-refractivity contribution in [2.24, 2.45) is 0 Å². The van der Waals surface area contributed by atoms with Gasteiger partial charge < -0.3 is 90.5 Å². The monoisotopic (exact) mass is 1440 g/mol. The van der Waals surface area contributed by atoms with Gasteiger partial charge in [-0.2, -0.15) is 0 Å². The van der Waals surface area contributed by atoms with Gasteiger partial charge in [-0.1, -0.05) is 0 Å². The molecule has 0 radical (unpaired) electrons. The van der Waals surface area contributed by atoms with Crippen LogP contribution in [0.2, 0.25) is 0 Å². The van der Waals surface area contributed by atoms with Crippen LogP contribution in [0.25, 0.3) is 33.5 Å². The van der Waals surface area contributed by atoms with Crippen molar-refractivity contribution in [3.63, 3.8) is 0 Å². The van der Waals surface area contributed by atoms with Crippen molar-refractivity contribution in [3.05, 3.63) is 38.0 Å². The SMILES string of the molecule is CC(C)OC(=O)OCOP(=O)(O)CO[C@H](C)Cn1cnc2c(N(CNc3ncnc4c3ncn4C[C@@H](C)OCP(=O)(OCOC(=O)OC(C)C)OCOC(=O)OC(C)C)CN(C(=O)OC(C)C)c3ncnc4c3ncn4C[C@@H](C)OCP(=O)(O)OCOC(=O)OC(C)C)ncnc21. The molecule has 0 bridgehead atoms. The van der Waals surface area contributed by atoms with Gasteiger partial charge in [-0.25, -0.2) is 73.7 Å². The van der Waals surface area contributed by atoms with E-state index in [9.17, 15) is 47.5 Å². The maximum atomic E-state index is 14.6. The van der Waals surface area contributed by atoms with Gasteiger partial charge in [0.05, 0.1) is 94.1 Å². The average Bonchev–Trinajstić information content (AvgIpc) is 1.70. The van der Waals surface area contributed by atoms with E-state index >= 15 is 0 Å². The van der Waals surface area contributed by atoms with Gasteiger partial charge in [0.15, 0.2) is 45.4 Å². The number of carbonyl (C=O) groups excluding carboxylic acids is 5. The lowest BCUT2D eigenvalue weighted by molar-refractivity contribution is -0.0371. The van der Waals surface area contributed by atoms with Gasteiger partial charge in [-0.15, -0.1) is 0 Å². The molecule has 0 spiro atoms.